The van der Waals surface area contributed by atoms with Crippen molar-refractivity contribution < 1.29 is 22.4 Å². The van der Waals surface area contributed by atoms with Crippen LogP contribution in [0.3, 0.4) is 0 Å². The van der Waals surface area contributed by atoms with E-state index in [1.165, 1.54) is 23.7 Å². The van der Waals surface area contributed by atoms with Gasteiger partial charge in [-0.2, -0.15) is 5.10 Å². The molecule has 0 saturated heterocycles. The number of aromatic nitrogens is 2. The lowest BCUT2D eigenvalue weighted by molar-refractivity contribution is -0.112. The van der Waals surface area contributed by atoms with E-state index in [4.69, 9.17) is 0 Å². The fraction of sp³-hybridized carbons (Fsp3) is 0.190. The fourth-order valence-corrected chi connectivity index (χ4v) is 4.17. The first-order valence-electron chi connectivity index (χ1n) is 9.16. The summed E-state index contributed by atoms with van der Waals surface area (Å²) in [6, 6.07) is 12.5. The maximum atomic E-state index is 14.3. The van der Waals surface area contributed by atoms with Crippen LogP contribution in [0.1, 0.15) is 28.7 Å². The van der Waals surface area contributed by atoms with Gasteiger partial charge in [-0.1, -0.05) is 31.2 Å². The molecule has 2 aromatic carbocycles. The summed E-state index contributed by atoms with van der Waals surface area (Å²) in [5, 5.41) is 6.47. The van der Waals surface area contributed by atoms with Crippen LogP contribution >= 0.6 is 0 Å². The van der Waals surface area contributed by atoms with Crippen molar-refractivity contribution in [1.82, 2.24) is 9.78 Å². The first-order chi connectivity index (χ1) is 14.2. The van der Waals surface area contributed by atoms with Gasteiger partial charge in [0.2, 0.25) is 0 Å². The van der Waals surface area contributed by atoms with Crippen LogP contribution in [-0.2, 0) is 14.6 Å². The fourth-order valence-electron chi connectivity index (χ4n) is 3.12. The zero-order chi connectivity index (χ0) is 22.1. The summed E-state index contributed by atoms with van der Waals surface area (Å²) in [4.78, 5) is 25.1. The van der Waals surface area contributed by atoms with Crippen molar-refractivity contribution in [3.8, 4) is 5.69 Å². The van der Waals surface area contributed by atoms with Gasteiger partial charge in [0.15, 0.2) is 9.84 Å². The van der Waals surface area contributed by atoms with E-state index in [0.29, 0.717) is 17.1 Å². The SMILES string of the molecule is CCS(=O)(=O)c1cccc(F)c1NC(=O)C(=O)c1c(C)nn(-c2ccccc2)c1C. The first kappa shape index (κ1) is 21.4. The molecule has 9 heteroatoms. The number of carbonyl (C=O) groups excluding carboxylic acids is 2. The van der Waals surface area contributed by atoms with Crippen LogP contribution in [-0.4, -0.2) is 35.6 Å². The summed E-state index contributed by atoms with van der Waals surface area (Å²) in [5.74, 6) is -3.31. The number of benzene rings is 2. The second kappa shape index (κ2) is 8.19. The number of halogens is 1. The zero-order valence-corrected chi connectivity index (χ0v) is 17.5. The Morgan fingerprint density at radius 1 is 1.07 bits per heavy atom. The monoisotopic (exact) mass is 429 g/mol. The quantitative estimate of drug-likeness (QED) is 0.479. The summed E-state index contributed by atoms with van der Waals surface area (Å²) < 4.78 is 40.3. The molecule has 1 amide bonds. The van der Waals surface area contributed by atoms with Crippen LogP contribution in [0.2, 0.25) is 0 Å². The number of nitrogens with zero attached hydrogens (tertiary/aromatic N) is 2. The lowest BCUT2D eigenvalue weighted by Crippen LogP contribution is -2.25. The topological polar surface area (TPSA) is 98.1 Å². The minimum Gasteiger partial charge on any atom is -0.315 e. The van der Waals surface area contributed by atoms with Crippen molar-refractivity contribution in [2.75, 3.05) is 11.1 Å². The van der Waals surface area contributed by atoms with Crippen LogP contribution in [0.15, 0.2) is 53.4 Å². The zero-order valence-electron chi connectivity index (χ0n) is 16.6. The summed E-state index contributed by atoms with van der Waals surface area (Å²) in [5.41, 5.74) is 1.01. The summed E-state index contributed by atoms with van der Waals surface area (Å²) in [6.07, 6.45) is 0. The Morgan fingerprint density at radius 3 is 2.37 bits per heavy atom. The standard InChI is InChI=1S/C21H20FN3O4S/c1-4-30(28,29)17-12-8-11-16(22)19(17)23-21(27)20(26)18-13(2)24-25(14(18)3)15-9-6-5-7-10-15/h5-12H,4H2,1-3H3,(H,23,27). The number of carbonyl (C=O) groups is 2. The number of anilines is 1. The van der Waals surface area contributed by atoms with Gasteiger partial charge >= 0.3 is 0 Å². The summed E-state index contributed by atoms with van der Waals surface area (Å²) in [6.45, 7) is 4.63. The highest BCUT2D eigenvalue weighted by atomic mass is 32.2. The molecule has 0 fully saturated rings. The van der Waals surface area contributed by atoms with Crippen LogP contribution in [0.4, 0.5) is 10.1 Å². The van der Waals surface area contributed by atoms with E-state index < -0.39 is 33.0 Å². The van der Waals surface area contributed by atoms with Gasteiger partial charge in [-0.25, -0.2) is 17.5 Å². The van der Waals surface area contributed by atoms with Crippen LogP contribution in [0.25, 0.3) is 5.69 Å². The van der Waals surface area contributed by atoms with E-state index in [0.717, 1.165) is 6.07 Å². The number of nitrogens with one attached hydrogen (secondary N) is 1. The number of hydrogen-bond acceptors (Lipinski definition) is 5. The maximum absolute atomic E-state index is 14.3. The predicted molar refractivity (Wildman–Crippen MR) is 110 cm³/mol. The lowest BCUT2D eigenvalue weighted by atomic mass is 10.1. The van der Waals surface area contributed by atoms with Gasteiger partial charge in [-0.05, 0) is 38.1 Å². The van der Waals surface area contributed by atoms with Crippen LogP contribution < -0.4 is 5.32 Å². The van der Waals surface area contributed by atoms with Crippen molar-refractivity contribution in [1.29, 1.82) is 0 Å². The number of hydrogen-bond donors (Lipinski definition) is 1. The molecule has 0 aliphatic carbocycles. The van der Waals surface area contributed by atoms with Crippen molar-refractivity contribution in [3.63, 3.8) is 0 Å². The summed E-state index contributed by atoms with van der Waals surface area (Å²) >= 11 is 0. The van der Waals surface area contributed by atoms with Gasteiger partial charge in [0, 0.05) is 0 Å². The van der Waals surface area contributed by atoms with Gasteiger partial charge in [0.25, 0.3) is 11.7 Å². The lowest BCUT2D eigenvalue weighted by Gasteiger charge is -2.11. The molecule has 1 N–H and O–H groups in total. The summed E-state index contributed by atoms with van der Waals surface area (Å²) in [7, 11) is -3.82. The van der Waals surface area contributed by atoms with Gasteiger partial charge in [0.05, 0.1) is 39.0 Å². The third kappa shape index (κ3) is 3.88. The van der Waals surface area contributed by atoms with Crippen LogP contribution in [0, 0.1) is 19.7 Å². The molecule has 0 aliphatic heterocycles. The molecule has 0 saturated carbocycles. The molecule has 3 rings (SSSR count). The van der Waals surface area contributed by atoms with Crippen LogP contribution in [0.5, 0.6) is 0 Å². The second-order valence-corrected chi connectivity index (χ2v) is 8.84. The molecule has 3 aromatic rings. The highest BCUT2D eigenvalue weighted by Crippen LogP contribution is 2.26. The molecule has 156 valence electrons. The normalized spacial score (nSPS) is 11.3. The Hall–Kier alpha value is -3.33. The van der Waals surface area contributed by atoms with Crippen molar-refractivity contribution in [3.05, 3.63) is 71.3 Å². The molecule has 0 unspecified atom stereocenters. The third-order valence-corrected chi connectivity index (χ3v) is 6.42. The third-order valence-electron chi connectivity index (χ3n) is 4.65. The molecule has 0 spiro atoms. The minimum atomic E-state index is -3.82. The first-order valence-corrected chi connectivity index (χ1v) is 10.8. The second-order valence-electron chi connectivity index (χ2n) is 6.59. The maximum Gasteiger partial charge on any atom is 0.297 e. The number of aryl methyl sites for hydroxylation is 1. The molecule has 0 bridgehead atoms. The molecule has 30 heavy (non-hydrogen) atoms. The highest BCUT2D eigenvalue weighted by molar-refractivity contribution is 7.91. The predicted octanol–water partition coefficient (Wildman–Crippen LogP) is 3.24. The van der Waals surface area contributed by atoms with Crippen molar-refractivity contribution >= 4 is 27.2 Å². The Balaban J connectivity index is 1.98. The highest BCUT2D eigenvalue weighted by Gasteiger charge is 2.28. The van der Waals surface area contributed by atoms with Gasteiger partial charge in [0.1, 0.15) is 5.82 Å². The van der Waals surface area contributed by atoms with Gasteiger partial charge in [-0.3, -0.25) is 9.59 Å². The van der Waals surface area contributed by atoms with Crippen molar-refractivity contribution in [2.45, 2.75) is 25.7 Å². The minimum absolute atomic E-state index is 0.0765. The number of ketones is 1. The molecular weight excluding hydrogens is 409 g/mol. The Bertz CT molecular complexity index is 1230. The number of sulfone groups is 1. The number of para-hydroxylation sites is 2. The Kier molecular flexibility index (Phi) is 5.84. The molecule has 1 heterocycles. The van der Waals surface area contributed by atoms with E-state index in [1.54, 1.807) is 26.0 Å². The van der Waals surface area contributed by atoms with E-state index in [-0.39, 0.29) is 16.2 Å². The average molecular weight is 429 g/mol. The van der Waals surface area contributed by atoms with Crippen molar-refractivity contribution in [2.24, 2.45) is 0 Å². The number of Topliss-reactive ketones (excluding diaryl/α,β-unsaturated/α-hetero) is 1. The Morgan fingerprint density at radius 2 is 1.73 bits per heavy atom. The van der Waals surface area contributed by atoms with Gasteiger partial charge < -0.3 is 5.32 Å². The van der Waals surface area contributed by atoms with E-state index in [2.05, 4.69) is 10.4 Å². The largest absolute Gasteiger partial charge is 0.315 e. The molecule has 1 aromatic heterocycles. The van der Waals surface area contributed by atoms with Gasteiger partial charge in [-0.15, -0.1) is 0 Å². The smallest absolute Gasteiger partial charge is 0.297 e. The Labute approximate surface area is 173 Å². The van der Waals surface area contributed by atoms with E-state index >= 15 is 0 Å². The van der Waals surface area contributed by atoms with E-state index in [1.807, 2.05) is 18.2 Å². The molecule has 0 atom stereocenters. The average Bonchev–Trinajstić information content (AvgIpc) is 3.03. The molecular formula is C21H20FN3O4S. The molecule has 0 radical (unpaired) electrons. The molecule has 0 aliphatic rings. The van der Waals surface area contributed by atoms with E-state index in [9.17, 15) is 22.4 Å². The number of rotatable bonds is 6. The molecule has 7 nitrogen and oxygen atoms in total. The number of amides is 1.